The van der Waals surface area contributed by atoms with Crippen LogP contribution < -0.4 is 0 Å². The monoisotopic (exact) mass is 188 g/mol. The van der Waals surface area contributed by atoms with E-state index in [2.05, 4.69) is 12.2 Å². The summed E-state index contributed by atoms with van der Waals surface area (Å²) in [5, 5.41) is 0. The van der Waals surface area contributed by atoms with E-state index in [0.717, 1.165) is 11.8 Å². The minimum atomic E-state index is 0.974. The van der Waals surface area contributed by atoms with Crippen LogP contribution in [0.4, 0.5) is 0 Å². The maximum absolute atomic E-state index is 2.55. The molecule has 0 aromatic carbocycles. The Hall–Kier alpha value is -0.520. The summed E-state index contributed by atoms with van der Waals surface area (Å²) in [5.41, 5.74) is 3.52. The summed E-state index contributed by atoms with van der Waals surface area (Å²) in [6, 6.07) is 0. The molecule has 0 nitrogen and oxygen atoms in total. The molecule has 1 saturated carbocycles. The van der Waals surface area contributed by atoms with Gasteiger partial charge in [-0.15, -0.1) is 0 Å². The predicted octanol–water partition coefficient (Wildman–Crippen LogP) is 4.23. The van der Waals surface area contributed by atoms with Crippen molar-refractivity contribution in [2.75, 3.05) is 0 Å². The van der Waals surface area contributed by atoms with Gasteiger partial charge in [-0.05, 0) is 61.5 Å². The minimum Gasteiger partial charge on any atom is -0.0807 e. The molecule has 14 heavy (non-hydrogen) atoms. The molecule has 0 bridgehead atoms. The summed E-state index contributed by atoms with van der Waals surface area (Å²) >= 11 is 0. The molecule has 0 aromatic heterocycles. The third kappa shape index (κ3) is 1.27. The predicted molar refractivity (Wildman–Crippen MR) is 60.1 cm³/mol. The highest BCUT2D eigenvalue weighted by molar-refractivity contribution is 5.46. The van der Waals surface area contributed by atoms with Crippen molar-refractivity contribution in [1.29, 1.82) is 0 Å². The quantitative estimate of drug-likeness (QED) is 0.533. The van der Waals surface area contributed by atoms with Gasteiger partial charge in [0.05, 0.1) is 0 Å². The van der Waals surface area contributed by atoms with Crippen molar-refractivity contribution in [3.05, 3.63) is 23.3 Å². The van der Waals surface area contributed by atoms with E-state index >= 15 is 0 Å². The standard InChI is InChI=1S/C14H20/c1-3-7-11-12(8-4-1)14-10-6-2-5-9-13(11)14/h7,9,12,14H,1-6,8,10H2/t12-,14+/m1/s1. The molecule has 3 aliphatic carbocycles. The molecule has 0 spiro atoms. The lowest BCUT2D eigenvalue weighted by atomic mass is 9.62. The average molecular weight is 188 g/mol. The van der Waals surface area contributed by atoms with Gasteiger partial charge < -0.3 is 0 Å². The highest BCUT2D eigenvalue weighted by Gasteiger charge is 2.40. The summed E-state index contributed by atoms with van der Waals surface area (Å²) < 4.78 is 0. The second-order valence-electron chi connectivity index (χ2n) is 5.10. The van der Waals surface area contributed by atoms with E-state index in [-0.39, 0.29) is 0 Å². The van der Waals surface area contributed by atoms with Gasteiger partial charge in [-0.2, -0.15) is 0 Å². The molecule has 0 heterocycles. The second kappa shape index (κ2) is 3.56. The molecule has 0 amide bonds. The Morgan fingerprint density at radius 2 is 1.21 bits per heavy atom. The van der Waals surface area contributed by atoms with Crippen molar-refractivity contribution >= 4 is 0 Å². The zero-order valence-electron chi connectivity index (χ0n) is 8.97. The topological polar surface area (TPSA) is 0 Å². The highest BCUT2D eigenvalue weighted by atomic mass is 14.4. The summed E-state index contributed by atoms with van der Waals surface area (Å²) in [4.78, 5) is 0. The van der Waals surface area contributed by atoms with Gasteiger partial charge in [0.2, 0.25) is 0 Å². The Kier molecular flexibility index (Phi) is 2.23. The van der Waals surface area contributed by atoms with Gasteiger partial charge in [0.25, 0.3) is 0 Å². The lowest BCUT2D eigenvalue weighted by molar-refractivity contribution is 0.319. The number of allylic oxidation sites excluding steroid dienone is 4. The van der Waals surface area contributed by atoms with Gasteiger partial charge in [-0.3, -0.25) is 0 Å². The number of rotatable bonds is 0. The van der Waals surface area contributed by atoms with Gasteiger partial charge in [0.1, 0.15) is 0 Å². The Bertz CT molecular complexity index is 252. The van der Waals surface area contributed by atoms with E-state index < -0.39 is 0 Å². The highest BCUT2D eigenvalue weighted by Crippen LogP contribution is 2.52. The Morgan fingerprint density at radius 1 is 0.714 bits per heavy atom. The summed E-state index contributed by atoms with van der Waals surface area (Å²) in [5.74, 6) is 1.95. The van der Waals surface area contributed by atoms with E-state index in [0.29, 0.717) is 0 Å². The lowest BCUT2D eigenvalue weighted by Gasteiger charge is -2.42. The van der Waals surface area contributed by atoms with Gasteiger partial charge in [0, 0.05) is 0 Å². The van der Waals surface area contributed by atoms with E-state index in [9.17, 15) is 0 Å². The smallest absolute Gasteiger partial charge is 0.00935 e. The van der Waals surface area contributed by atoms with Gasteiger partial charge in [-0.1, -0.05) is 25.0 Å². The molecule has 1 fully saturated rings. The number of fused-ring (bicyclic) bond motifs is 4. The molecule has 3 aliphatic rings. The maximum Gasteiger partial charge on any atom is -0.00935 e. The van der Waals surface area contributed by atoms with Crippen LogP contribution in [-0.2, 0) is 0 Å². The molecule has 0 heteroatoms. The van der Waals surface area contributed by atoms with Crippen molar-refractivity contribution < 1.29 is 0 Å². The Morgan fingerprint density at radius 3 is 1.71 bits per heavy atom. The van der Waals surface area contributed by atoms with Gasteiger partial charge >= 0.3 is 0 Å². The molecule has 3 rings (SSSR count). The van der Waals surface area contributed by atoms with E-state index in [1.807, 2.05) is 0 Å². The molecule has 0 unspecified atom stereocenters. The minimum absolute atomic E-state index is 0.974. The summed E-state index contributed by atoms with van der Waals surface area (Å²) in [6.45, 7) is 0. The Balaban J connectivity index is 1.88. The first kappa shape index (κ1) is 8.76. The van der Waals surface area contributed by atoms with Crippen LogP contribution in [0.2, 0.25) is 0 Å². The summed E-state index contributed by atoms with van der Waals surface area (Å²) in [7, 11) is 0. The fourth-order valence-corrected chi connectivity index (χ4v) is 3.55. The molecule has 0 N–H and O–H groups in total. The van der Waals surface area contributed by atoms with Crippen LogP contribution in [0.3, 0.4) is 0 Å². The third-order valence-corrected chi connectivity index (χ3v) is 4.28. The molecule has 76 valence electrons. The van der Waals surface area contributed by atoms with Crippen LogP contribution in [0, 0.1) is 11.8 Å². The fraction of sp³-hybridized carbons (Fsp3) is 0.714. The Labute approximate surface area is 87.1 Å². The van der Waals surface area contributed by atoms with Crippen LogP contribution in [0.5, 0.6) is 0 Å². The van der Waals surface area contributed by atoms with E-state index in [4.69, 9.17) is 0 Å². The maximum atomic E-state index is 2.55. The van der Waals surface area contributed by atoms with Gasteiger partial charge in [0.15, 0.2) is 0 Å². The van der Waals surface area contributed by atoms with Crippen LogP contribution in [0.15, 0.2) is 23.3 Å². The molecule has 0 aliphatic heterocycles. The molecule has 2 atom stereocenters. The third-order valence-electron chi connectivity index (χ3n) is 4.28. The normalized spacial score (nSPS) is 36.6. The number of hydrogen-bond donors (Lipinski definition) is 0. The zero-order valence-corrected chi connectivity index (χ0v) is 8.97. The first-order chi connectivity index (χ1) is 6.97. The second-order valence-corrected chi connectivity index (χ2v) is 5.10. The fourth-order valence-electron chi connectivity index (χ4n) is 3.55. The van der Waals surface area contributed by atoms with Gasteiger partial charge in [-0.25, -0.2) is 0 Å². The largest absolute Gasteiger partial charge is 0.0807 e. The van der Waals surface area contributed by atoms with Crippen LogP contribution in [0.1, 0.15) is 51.4 Å². The SMILES string of the molecule is C1=C2C3=CCCCC[C@H]3[C@@H]2CCCC1. The van der Waals surface area contributed by atoms with Crippen molar-refractivity contribution in [1.82, 2.24) is 0 Å². The molecule has 0 radical (unpaired) electrons. The molecule has 0 saturated heterocycles. The summed E-state index contributed by atoms with van der Waals surface area (Å²) in [6.07, 6.45) is 16.5. The van der Waals surface area contributed by atoms with E-state index in [1.54, 1.807) is 11.1 Å². The van der Waals surface area contributed by atoms with E-state index in [1.165, 1.54) is 51.4 Å². The average Bonchev–Trinajstić information content (AvgIpc) is 2.49. The van der Waals surface area contributed by atoms with Crippen LogP contribution >= 0.6 is 0 Å². The van der Waals surface area contributed by atoms with Crippen LogP contribution in [-0.4, -0.2) is 0 Å². The first-order valence-corrected chi connectivity index (χ1v) is 6.37. The number of hydrogen-bond acceptors (Lipinski definition) is 0. The molecular formula is C14H20. The molecular weight excluding hydrogens is 168 g/mol. The van der Waals surface area contributed by atoms with Crippen LogP contribution in [0.25, 0.3) is 0 Å². The van der Waals surface area contributed by atoms with Crippen molar-refractivity contribution in [3.8, 4) is 0 Å². The lowest BCUT2D eigenvalue weighted by Crippen LogP contribution is -2.31. The first-order valence-electron chi connectivity index (χ1n) is 6.37. The van der Waals surface area contributed by atoms with Crippen molar-refractivity contribution in [2.45, 2.75) is 51.4 Å². The molecule has 0 aromatic rings. The zero-order chi connectivity index (χ0) is 9.38. The van der Waals surface area contributed by atoms with Crippen molar-refractivity contribution in [3.63, 3.8) is 0 Å². The van der Waals surface area contributed by atoms with Crippen molar-refractivity contribution in [2.24, 2.45) is 11.8 Å².